The number of nitrogens with zero attached hydrogens (tertiary/aromatic N) is 4. The van der Waals surface area contributed by atoms with Crippen LogP contribution in [0.4, 0.5) is 5.69 Å². The first-order chi connectivity index (χ1) is 18.0. The summed E-state index contributed by atoms with van der Waals surface area (Å²) in [7, 11) is 0. The fourth-order valence-corrected chi connectivity index (χ4v) is 4.74. The number of para-hydroxylation sites is 1. The summed E-state index contributed by atoms with van der Waals surface area (Å²) in [6.07, 6.45) is 4.83. The number of pyridine rings is 1. The lowest BCUT2D eigenvalue weighted by atomic mass is 10.1. The molecule has 0 aliphatic carbocycles. The Morgan fingerprint density at radius 1 is 1.03 bits per heavy atom. The molecule has 2 amide bonds. The van der Waals surface area contributed by atoms with Crippen LogP contribution in [-0.4, -0.2) is 70.9 Å². The Bertz CT molecular complexity index is 1400. The highest BCUT2D eigenvalue weighted by Gasteiger charge is 2.27. The van der Waals surface area contributed by atoms with Crippen LogP contribution < -0.4 is 4.90 Å². The van der Waals surface area contributed by atoms with E-state index in [4.69, 9.17) is 13.0 Å². The summed E-state index contributed by atoms with van der Waals surface area (Å²) in [6, 6.07) is 18.0. The van der Waals surface area contributed by atoms with Gasteiger partial charge in [-0.2, -0.15) is 0 Å². The van der Waals surface area contributed by atoms with Crippen LogP contribution in [0.2, 0.25) is 5.02 Å². The first kappa shape index (κ1) is 22.8. The van der Waals surface area contributed by atoms with Crippen LogP contribution >= 0.6 is 11.6 Å². The Kier molecular flexibility index (Phi) is 6.91. The van der Waals surface area contributed by atoms with Crippen molar-refractivity contribution in [2.24, 2.45) is 0 Å². The minimum atomic E-state index is -0.319. The molecule has 184 valence electrons. The van der Waals surface area contributed by atoms with E-state index >= 15 is 0 Å². The van der Waals surface area contributed by atoms with E-state index in [1.165, 1.54) is 10.5 Å². The molecule has 3 heterocycles. The number of piperazine rings is 1. The van der Waals surface area contributed by atoms with E-state index in [9.17, 15) is 9.59 Å². The molecule has 0 spiro atoms. The van der Waals surface area contributed by atoms with Crippen molar-refractivity contribution in [2.45, 2.75) is 6.42 Å². The first-order valence-electron chi connectivity index (χ1n) is 12.5. The van der Waals surface area contributed by atoms with Crippen molar-refractivity contribution in [3.05, 3.63) is 95.4 Å². The number of aromatic nitrogens is 2. The highest BCUT2D eigenvalue weighted by Crippen LogP contribution is 2.27. The molecule has 5 rings (SSSR count). The van der Waals surface area contributed by atoms with Crippen molar-refractivity contribution in [2.75, 3.05) is 44.2 Å². The maximum atomic E-state index is 13.7. The normalized spacial score (nSPS) is 14.6. The molecule has 0 unspecified atom stereocenters. The smallest absolute Gasteiger partial charge is 0.258 e. The average molecular weight is 503 g/mol. The zero-order valence-electron chi connectivity index (χ0n) is 20.9. The fourth-order valence-electron chi connectivity index (χ4n) is 4.50. The lowest BCUT2D eigenvalue weighted by Gasteiger charge is -2.36. The zero-order chi connectivity index (χ0) is 25.8. The van der Waals surface area contributed by atoms with Gasteiger partial charge in [0.25, 0.3) is 5.91 Å². The van der Waals surface area contributed by atoms with Crippen molar-refractivity contribution >= 4 is 40.0 Å². The number of carbonyl (C=O) groups is 2. The van der Waals surface area contributed by atoms with E-state index in [0.29, 0.717) is 34.9 Å². The van der Waals surface area contributed by atoms with Gasteiger partial charge in [-0.05, 0) is 59.8 Å². The number of fused-ring (bicyclic) bond motifs is 1. The summed E-state index contributed by atoms with van der Waals surface area (Å²) in [6.45, 7) is 3.62. The Balaban J connectivity index is 1.28. The summed E-state index contributed by atoms with van der Waals surface area (Å²) >= 11 is 6.46. The van der Waals surface area contributed by atoms with Crippen molar-refractivity contribution in [3.8, 4) is 0 Å². The monoisotopic (exact) mass is 502 g/mol. The second-order valence-corrected chi connectivity index (χ2v) is 9.29. The number of H-pyrrole nitrogens is 1. The van der Waals surface area contributed by atoms with Crippen molar-refractivity contribution in [3.63, 3.8) is 0 Å². The number of carbonyl (C=O) groups excluding carboxylic acids is 2. The number of hydrogen-bond acceptors (Lipinski definition) is 4. The van der Waals surface area contributed by atoms with E-state index in [2.05, 4.69) is 14.9 Å². The van der Waals surface area contributed by atoms with Gasteiger partial charge in [0.2, 0.25) is 5.91 Å². The molecule has 2 aromatic carbocycles. The number of aromatic amines is 1. The Morgan fingerprint density at radius 3 is 2.58 bits per heavy atom. The molecule has 2 aromatic heterocycles. The lowest BCUT2D eigenvalue weighted by molar-refractivity contribution is -0.131. The molecular weight excluding hydrogens is 474 g/mol. The van der Waals surface area contributed by atoms with Crippen LogP contribution in [0, 0.1) is 0 Å². The zero-order valence-corrected chi connectivity index (χ0v) is 20.6. The number of anilines is 1. The molecule has 0 saturated carbocycles. The summed E-state index contributed by atoms with van der Waals surface area (Å²) in [4.78, 5) is 39.7. The number of nitrogens with one attached hydrogen (secondary N) is 1. The number of rotatable bonds is 7. The second kappa shape index (κ2) is 10.9. The third kappa shape index (κ3) is 5.42. The van der Waals surface area contributed by atoms with E-state index < -0.39 is 0 Å². The highest BCUT2D eigenvalue weighted by atomic mass is 35.5. The van der Waals surface area contributed by atoms with Crippen molar-refractivity contribution < 1.29 is 11.0 Å². The molecule has 0 radical (unpaired) electrons. The van der Waals surface area contributed by atoms with E-state index in [0.717, 1.165) is 31.4 Å². The minimum absolute atomic E-state index is 0.105. The SMILES string of the molecule is [2H]c1cc2ccc(C(=O)N(CC(=O)N3CCN(CCc4ccncc4)CC3)c3ccccc3Cl)cc2[nH]1. The molecule has 36 heavy (non-hydrogen) atoms. The molecule has 4 aromatic rings. The third-order valence-corrected chi connectivity index (χ3v) is 6.93. The molecule has 8 heteroatoms. The standard InChI is InChI=1S/C28H28ClN5O2/c29-24-3-1-2-4-26(24)34(28(36)23-6-5-22-9-13-31-25(22)19-23)20-27(35)33-17-15-32(16-18-33)14-10-21-7-11-30-12-8-21/h1-9,11-13,19,31H,10,14-18,20H2/i13D. The van der Waals surface area contributed by atoms with Gasteiger partial charge in [-0.1, -0.05) is 29.8 Å². The van der Waals surface area contributed by atoms with Gasteiger partial charge in [-0.25, -0.2) is 0 Å². The minimum Gasteiger partial charge on any atom is -0.361 e. The van der Waals surface area contributed by atoms with Crippen molar-refractivity contribution in [1.82, 2.24) is 19.8 Å². The molecule has 1 aliphatic rings. The van der Waals surface area contributed by atoms with Crippen LogP contribution in [0.1, 0.15) is 17.3 Å². The largest absolute Gasteiger partial charge is 0.361 e. The van der Waals surface area contributed by atoms with E-state index in [1.54, 1.807) is 60.9 Å². The second-order valence-electron chi connectivity index (χ2n) is 8.89. The topological polar surface area (TPSA) is 72.5 Å². The Hall–Kier alpha value is -3.68. The first-order valence-corrected chi connectivity index (χ1v) is 12.4. The van der Waals surface area contributed by atoms with Crippen LogP contribution in [-0.2, 0) is 11.2 Å². The predicted octanol–water partition coefficient (Wildman–Crippen LogP) is 4.25. The maximum absolute atomic E-state index is 13.7. The molecular formula is C28H28ClN5O2. The van der Waals surface area contributed by atoms with Crippen molar-refractivity contribution in [1.29, 1.82) is 0 Å². The van der Waals surface area contributed by atoms with E-state index in [-0.39, 0.29) is 24.5 Å². The maximum Gasteiger partial charge on any atom is 0.258 e. The molecule has 1 saturated heterocycles. The lowest BCUT2D eigenvalue weighted by Crippen LogP contribution is -2.52. The predicted molar refractivity (Wildman–Crippen MR) is 142 cm³/mol. The van der Waals surface area contributed by atoms with Crippen LogP contribution in [0.15, 0.2) is 79.2 Å². The Morgan fingerprint density at radius 2 is 1.81 bits per heavy atom. The summed E-state index contributed by atoms with van der Waals surface area (Å²) in [5.41, 5.74) is 2.86. The quantitative estimate of drug-likeness (QED) is 0.410. The van der Waals surface area contributed by atoms with Gasteiger partial charge in [0.1, 0.15) is 6.54 Å². The summed E-state index contributed by atoms with van der Waals surface area (Å²) in [5.74, 6) is -0.433. The third-order valence-electron chi connectivity index (χ3n) is 6.61. The molecule has 0 bridgehead atoms. The summed E-state index contributed by atoms with van der Waals surface area (Å²) in [5, 5.41) is 1.25. The molecule has 1 aliphatic heterocycles. The van der Waals surface area contributed by atoms with Gasteiger partial charge in [-0.15, -0.1) is 0 Å². The molecule has 1 N–H and O–H groups in total. The van der Waals surface area contributed by atoms with Crippen LogP contribution in [0.3, 0.4) is 0 Å². The average Bonchev–Trinajstić information content (AvgIpc) is 3.30. The summed E-state index contributed by atoms with van der Waals surface area (Å²) < 4.78 is 7.81. The Labute approximate surface area is 216 Å². The number of amides is 2. The van der Waals surface area contributed by atoms with Gasteiger partial charge in [0, 0.05) is 62.4 Å². The van der Waals surface area contributed by atoms with Gasteiger partial charge in [-0.3, -0.25) is 24.4 Å². The molecule has 7 nitrogen and oxygen atoms in total. The van der Waals surface area contributed by atoms with E-state index in [1.807, 2.05) is 17.0 Å². The molecule has 0 atom stereocenters. The van der Waals surface area contributed by atoms with Gasteiger partial charge in [0.05, 0.1) is 12.1 Å². The van der Waals surface area contributed by atoms with Crippen LogP contribution in [0.5, 0.6) is 0 Å². The molecule has 1 fully saturated rings. The van der Waals surface area contributed by atoms with Gasteiger partial charge >= 0.3 is 0 Å². The fraction of sp³-hybridized carbons (Fsp3) is 0.250. The van der Waals surface area contributed by atoms with Crippen LogP contribution in [0.25, 0.3) is 10.9 Å². The number of hydrogen-bond donors (Lipinski definition) is 1. The van der Waals surface area contributed by atoms with Gasteiger partial charge < -0.3 is 9.88 Å². The highest BCUT2D eigenvalue weighted by molar-refractivity contribution is 6.34. The number of halogens is 1. The van der Waals surface area contributed by atoms with Gasteiger partial charge in [0.15, 0.2) is 0 Å². The number of benzene rings is 2.